The van der Waals surface area contributed by atoms with Crippen LogP contribution in [-0.4, -0.2) is 34.2 Å². The van der Waals surface area contributed by atoms with Gasteiger partial charge in [0.2, 0.25) is 0 Å². The SMILES string of the molecule is CC1(C)O[C@@H]2[C@H](O1)[C@@]1(C)CC(c3ccc(N)c(Br)n3)C[C@]2(C)O1. The largest absolute Gasteiger partial charge is 0.397 e. The second-order valence-electron chi connectivity index (χ2n) is 7.93. The average molecular weight is 383 g/mol. The van der Waals surface area contributed by atoms with Crippen molar-refractivity contribution in [1.82, 2.24) is 4.98 Å². The molecular formula is C17H23BrN2O3. The summed E-state index contributed by atoms with van der Waals surface area (Å²) in [4.78, 5) is 4.63. The first-order chi connectivity index (χ1) is 10.6. The first-order valence-electron chi connectivity index (χ1n) is 8.10. The number of nitrogens with zero attached hydrogens (tertiary/aromatic N) is 1. The van der Waals surface area contributed by atoms with Crippen LogP contribution in [-0.2, 0) is 14.2 Å². The van der Waals surface area contributed by atoms with E-state index in [2.05, 4.69) is 34.8 Å². The summed E-state index contributed by atoms with van der Waals surface area (Å²) < 4.78 is 19.5. The second kappa shape index (κ2) is 4.69. The molecule has 2 bridgehead atoms. The van der Waals surface area contributed by atoms with E-state index in [9.17, 15) is 0 Å². The van der Waals surface area contributed by atoms with E-state index in [4.69, 9.17) is 19.9 Å². The maximum Gasteiger partial charge on any atom is 0.164 e. The van der Waals surface area contributed by atoms with E-state index < -0.39 is 5.79 Å². The van der Waals surface area contributed by atoms with Crippen LogP contribution < -0.4 is 5.73 Å². The Balaban J connectivity index is 1.68. The number of hydrogen-bond donors (Lipinski definition) is 1. The van der Waals surface area contributed by atoms with Crippen molar-refractivity contribution in [2.24, 2.45) is 0 Å². The van der Waals surface area contributed by atoms with Crippen molar-refractivity contribution in [3.8, 4) is 0 Å². The number of fused-ring (bicyclic) bond motifs is 5. The third-order valence-corrected chi connectivity index (χ3v) is 6.02. The van der Waals surface area contributed by atoms with Crippen molar-refractivity contribution in [2.75, 3.05) is 5.73 Å². The highest BCUT2D eigenvalue weighted by atomic mass is 79.9. The van der Waals surface area contributed by atoms with Gasteiger partial charge in [-0.25, -0.2) is 4.98 Å². The molecule has 0 aromatic carbocycles. The van der Waals surface area contributed by atoms with E-state index in [0.29, 0.717) is 16.2 Å². The van der Waals surface area contributed by atoms with Gasteiger partial charge in [-0.3, -0.25) is 0 Å². The van der Waals surface area contributed by atoms with Gasteiger partial charge >= 0.3 is 0 Å². The lowest BCUT2D eigenvalue weighted by Gasteiger charge is -2.43. The molecule has 1 aromatic rings. The fourth-order valence-electron chi connectivity index (χ4n) is 4.56. The molecule has 23 heavy (non-hydrogen) atoms. The zero-order chi connectivity index (χ0) is 16.6. The van der Waals surface area contributed by atoms with Gasteiger partial charge in [-0.15, -0.1) is 0 Å². The Morgan fingerprint density at radius 3 is 2.17 bits per heavy atom. The van der Waals surface area contributed by atoms with Crippen molar-refractivity contribution in [1.29, 1.82) is 0 Å². The monoisotopic (exact) mass is 382 g/mol. The van der Waals surface area contributed by atoms with Gasteiger partial charge in [-0.05, 0) is 68.6 Å². The summed E-state index contributed by atoms with van der Waals surface area (Å²) >= 11 is 3.43. The average Bonchev–Trinajstić information content (AvgIpc) is 2.84. The van der Waals surface area contributed by atoms with Crippen LogP contribution in [0, 0.1) is 0 Å². The van der Waals surface area contributed by atoms with E-state index in [1.165, 1.54) is 0 Å². The molecule has 3 saturated heterocycles. The summed E-state index contributed by atoms with van der Waals surface area (Å²) in [7, 11) is 0. The fourth-order valence-corrected chi connectivity index (χ4v) is 4.90. The molecule has 0 saturated carbocycles. The number of ether oxygens (including phenoxy) is 3. The molecule has 0 amide bonds. The van der Waals surface area contributed by atoms with Gasteiger partial charge in [0.05, 0.1) is 16.9 Å². The first kappa shape index (κ1) is 15.8. The van der Waals surface area contributed by atoms with Crippen LogP contribution in [0.4, 0.5) is 5.69 Å². The van der Waals surface area contributed by atoms with E-state index >= 15 is 0 Å². The smallest absolute Gasteiger partial charge is 0.164 e. The lowest BCUT2D eigenvalue weighted by Crippen LogP contribution is -2.46. The number of nitrogen functional groups attached to an aromatic ring is 1. The van der Waals surface area contributed by atoms with E-state index in [1.54, 1.807) is 0 Å². The minimum atomic E-state index is -0.545. The van der Waals surface area contributed by atoms with Crippen molar-refractivity contribution in [2.45, 2.75) is 75.7 Å². The molecule has 6 heteroatoms. The number of halogens is 1. The third-order valence-electron chi connectivity index (χ3n) is 5.39. The van der Waals surface area contributed by atoms with Crippen LogP contribution in [0.2, 0.25) is 0 Å². The number of anilines is 1. The lowest BCUT2D eigenvalue weighted by atomic mass is 9.82. The molecule has 1 aromatic heterocycles. The number of nitrogens with two attached hydrogens (primary N) is 1. The van der Waals surface area contributed by atoms with E-state index in [1.807, 2.05) is 26.0 Å². The molecule has 5 nitrogen and oxygen atoms in total. The minimum absolute atomic E-state index is 0.0373. The van der Waals surface area contributed by atoms with Crippen LogP contribution in [0.25, 0.3) is 0 Å². The maximum absolute atomic E-state index is 6.42. The molecule has 0 aliphatic carbocycles. The number of pyridine rings is 1. The summed E-state index contributed by atoms with van der Waals surface area (Å²) in [6, 6.07) is 3.93. The molecule has 2 N–H and O–H groups in total. The molecule has 3 aliphatic heterocycles. The van der Waals surface area contributed by atoms with E-state index in [0.717, 1.165) is 18.5 Å². The number of aromatic nitrogens is 1. The molecular weight excluding hydrogens is 360 g/mol. The lowest BCUT2D eigenvalue weighted by molar-refractivity contribution is -0.242. The van der Waals surface area contributed by atoms with Crippen molar-refractivity contribution in [3.05, 3.63) is 22.4 Å². The molecule has 126 valence electrons. The predicted octanol–water partition coefficient (Wildman–Crippen LogP) is 3.37. The van der Waals surface area contributed by atoms with Crippen LogP contribution >= 0.6 is 15.9 Å². The molecule has 0 spiro atoms. The van der Waals surface area contributed by atoms with Crippen LogP contribution in [0.15, 0.2) is 16.7 Å². The summed E-state index contributed by atoms with van der Waals surface area (Å²) in [5.41, 5.74) is 6.86. The Kier molecular flexibility index (Phi) is 3.22. The quantitative estimate of drug-likeness (QED) is 0.754. The standard InChI is InChI=1S/C17H23BrN2O3/c1-15(2)21-12-13(22-15)17(4)8-9(7-16(12,3)23-17)11-6-5-10(19)14(18)20-11/h5-6,9,12-13H,7-8,19H2,1-4H3/t9?,12-,13+,16+,17-. The topological polar surface area (TPSA) is 66.6 Å². The minimum Gasteiger partial charge on any atom is -0.397 e. The molecule has 1 unspecified atom stereocenters. The van der Waals surface area contributed by atoms with Gasteiger partial charge < -0.3 is 19.9 Å². The van der Waals surface area contributed by atoms with Crippen LogP contribution in [0.1, 0.15) is 52.1 Å². The molecule has 4 heterocycles. The highest BCUT2D eigenvalue weighted by Crippen LogP contribution is 2.58. The Labute approximate surface area is 145 Å². The van der Waals surface area contributed by atoms with Gasteiger partial charge in [0.25, 0.3) is 0 Å². The van der Waals surface area contributed by atoms with Crippen molar-refractivity contribution < 1.29 is 14.2 Å². The van der Waals surface area contributed by atoms with Gasteiger partial charge in [-0.1, -0.05) is 0 Å². The molecule has 5 atom stereocenters. The Morgan fingerprint density at radius 2 is 1.65 bits per heavy atom. The highest BCUT2D eigenvalue weighted by Gasteiger charge is 2.68. The maximum atomic E-state index is 6.42. The predicted molar refractivity (Wildman–Crippen MR) is 90.0 cm³/mol. The van der Waals surface area contributed by atoms with Gasteiger partial charge in [-0.2, -0.15) is 0 Å². The second-order valence-corrected chi connectivity index (χ2v) is 8.68. The third kappa shape index (κ3) is 2.34. The first-order valence-corrected chi connectivity index (χ1v) is 8.89. The Hall–Kier alpha value is -0.690. The normalized spacial score (nSPS) is 44.3. The molecule has 3 aliphatic rings. The van der Waals surface area contributed by atoms with E-state index in [-0.39, 0.29) is 23.4 Å². The van der Waals surface area contributed by atoms with Gasteiger partial charge in [0, 0.05) is 11.6 Å². The van der Waals surface area contributed by atoms with Crippen molar-refractivity contribution in [3.63, 3.8) is 0 Å². The Bertz CT molecular complexity index is 639. The fraction of sp³-hybridized carbons (Fsp3) is 0.706. The molecule has 0 radical (unpaired) electrons. The summed E-state index contributed by atoms with van der Waals surface area (Å²) in [5.74, 6) is -0.242. The molecule has 4 rings (SSSR count). The highest BCUT2D eigenvalue weighted by molar-refractivity contribution is 9.10. The van der Waals surface area contributed by atoms with Crippen molar-refractivity contribution >= 4 is 21.6 Å². The zero-order valence-electron chi connectivity index (χ0n) is 13.9. The summed E-state index contributed by atoms with van der Waals surface area (Å²) in [5, 5.41) is 0. The number of rotatable bonds is 1. The zero-order valence-corrected chi connectivity index (χ0v) is 15.5. The van der Waals surface area contributed by atoms with Crippen LogP contribution in [0.3, 0.4) is 0 Å². The van der Waals surface area contributed by atoms with Gasteiger partial charge in [0.1, 0.15) is 16.8 Å². The van der Waals surface area contributed by atoms with Gasteiger partial charge in [0.15, 0.2) is 5.79 Å². The molecule has 3 fully saturated rings. The summed E-state index contributed by atoms with van der Waals surface area (Å²) in [6.45, 7) is 8.23. The number of hydrogen-bond acceptors (Lipinski definition) is 5. The van der Waals surface area contributed by atoms with Crippen LogP contribution in [0.5, 0.6) is 0 Å². The Morgan fingerprint density at radius 1 is 1.09 bits per heavy atom. The summed E-state index contributed by atoms with van der Waals surface area (Å²) in [6.07, 6.45) is 1.66.